The minimum absolute atomic E-state index is 0.145. The molecule has 3 rings (SSSR count). The van der Waals surface area contributed by atoms with Crippen molar-refractivity contribution in [3.63, 3.8) is 0 Å². The molecule has 1 aromatic carbocycles. The van der Waals surface area contributed by atoms with Crippen molar-refractivity contribution in [1.29, 1.82) is 0 Å². The van der Waals surface area contributed by atoms with Crippen molar-refractivity contribution < 1.29 is 14.3 Å². The Hall–Kier alpha value is -2.41. The third-order valence-electron chi connectivity index (χ3n) is 3.44. The van der Waals surface area contributed by atoms with Gasteiger partial charge in [-0.05, 0) is 25.0 Å². The molecule has 1 atom stereocenters. The molecule has 114 valence electrons. The molecule has 1 amide bonds. The second kappa shape index (κ2) is 6.15. The average Bonchev–Trinajstić information content (AvgIpc) is 2.97. The van der Waals surface area contributed by atoms with Gasteiger partial charge in [-0.15, -0.1) is 11.3 Å². The smallest absolute Gasteiger partial charge is 0.358 e. The number of benzene rings is 1. The molecule has 1 saturated heterocycles. The van der Waals surface area contributed by atoms with E-state index in [2.05, 4.69) is 4.98 Å². The lowest BCUT2D eigenvalue weighted by Gasteiger charge is -2.31. The lowest BCUT2D eigenvalue weighted by Crippen LogP contribution is -2.46. The predicted octanol–water partition coefficient (Wildman–Crippen LogP) is 2.08. The average molecular weight is 317 g/mol. The Morgan fingerprint density at radius 3 is 2.82 bits per heavy atom. The van der Waals surface area contributed by atoms with E-state index in [1.807, 2.05) is 30.3 Å². The summed E-state index contributed by atoms with van der Waals surface area (Å²) in [5.74, 6) is -0.810. The SMILES string of the molecule is Nc1nc(C(=O)OC2CCCN(c3ccccc3)C2=O)cs1. The van der Waals surface area contributed by atoms with Gasteiger partial charge in [-0.3, -0.25) is 4.79 Å². The van der Waals surface area contributed by atoms with E-state index in [1.54, 1.807) is 4.90 Å². The first-order valence-corrected chi connectivity index (χ1v) is 7.81. The topological polar surface area (TPSA) is 85.5 Å². The fourth-order valence-electron chi connectivity index (χ4n) is 2.39. The third kappa shape index (κ3) is 2.94. The first kappa shape index (κ1) is 14.5. The summed E-state index contributed by atoms with van der Waals surface area (Å²) in [6, 6.07) is 9.36. The summed E-state index contributed by atoms with van der Waals surface area (Å²) in [6.45, 7) is 0.626. The van der Waals surface area contributed by atoms with Crippen LogP contribution < -0.4 is 10.6 Å². The molecule has 1 aromatic heterocycles. The minimum Gasteiger partial charge on any atom is -0.447 e. The monoisotopic (exact) mass is 317 g/mol. The number of carbonyl (C=O) groups excluding carboxylic acids is 2. The predicted molar refractivity (Wildman–Crippen MR) is 83.8 cm³/mol. The lowest BCUT2D eigenvalue weighted by molar-refractivity contribution is -0.129. The molecule has 0 saturated carbocycles. The van der Waals surface area contributed by atoms with Gasteiger partial charge in [0.05, 0.1) is 0 Å². The number of piperidine rings is 1. The third-order valence-corrected chi connectivity index (χ3v) is 4.11. The second-order valence-corrected chi connectivity index (χ2v) is 5.82. The summed E-state index contributed by atoms with van der Waals surface area (Å²) >= 11 is 1.16. The summed E-state index contributed by atoms with van der Waals surface area (Å²) in [7, 11) is 0. The second-order valence-electron chi connectivity index (χ2n) is 4.93. The summed E-state index contributed by atoms with van der Waals surface area (Å²) in [5.41, 5.74) is 6.46. The summed E-state index contributed by atoms with van der Waals surface area (Å²) in [5, 5.41) is 1.83. The number of nitrogens with two attached hydrogens (primary N) is 1. The molecular formula is C15H15N3O3S. The molecule has 1 aliphatic heterocycles. The molecule has 22 heavy (non-hydrogen) atoms. The van der Waals surface area contributed by atoms with Gasteiger partial charge >= 0.3 is 5.97 Å². The standard InChI is InChI=1S/C15H15N3O3S/c16-15-17-11(9-22-15)14(20)21-12-7-4-8-18(13(12)19)10-5-2-1-3-6-10/h1-3,5-6,9,12H,4,7-8H2,(H2,16,17). The van der Waals surface area contributed by atoms with Crippen LogP contribution in [0.2, 0.25) is 0 Å². The van der Waals surface area contributed by atoms with Crippen LogP contribution in [0.4, 0.5) is 10.8 Å². The van der Waals surface area contributed by atoms with Gasteiger partial charge in [-0.1, -0.05) is 18.2 Å². The van der Waals surface area contributed by atoms with Crippen LogP contribution in [0.5, 0.6) is 0 Å². The number of hydrogen-bond acceptors (Lipinski definition) is 6. The number of nitrogens with zero attached hydrogens (tertiary/aromatic N) is 2. The van der Waals surface area contributed by atoms with E-state index in [0.29, 0.717) is 18.1 Å². The molecule has 1 unspecified atom stereocenters. The Bertz CT molecular complexity index is 686. The normalized spacial score (nSPS) is 18.3. The number of rotatable bonds is 3. The molecule has 0 radical (unpaired) electrons. The number of thiazole rings is 1. The molecule has 0 bridgehead atoms. The Kier molecular flexibility index (Phi) is 4.06. The Balaban J connectivity index is 1.72. The van der Waals surface area contributed by atoms with Gasteiger partial charge in [0, 0.05) is 17.6 Å². The van der Waals surface area contributed by atoms with Gasteiger partial charge in [-0.2, -0.15) is 0 Å². The van der Waals surface area contributed by atoms with Crippen LogP contribution in [0.3, 0.4) is 0 Å². The zero-order chi connectivity index (χ0) is 15.5. The highest BCUT2D eigenvalue weighted by molar-refractivity contribution is 7.13. The van der Waals surface area contributed by atoms with Gasteiger partial charge in [0.2, 0.25) is 0 Å². The highest BCUT2D eigenvalue weighted by atomic mass is 32.1. The van der Waals surface area contributed by atoms with Crippen molar-refractivity contribution in [2.75, 3.05) is 17.2 Å². The van der Waals surface area contributed by atoms with Crippen molar-refractivity contribution >= 4 is 34.0 Å². The molecular weight excluding hydrogens is 302 g/mol. The number of anilines is 2. The summed E-state index contributed by atoms with van der Waals surface area (Å²) < 4.78 is 5.31. The van der Waals surface area contributed by atoms with Crippen molar-refractivity contribution in [3.05, 3.63) is 41.4 Å². The minimum atomic E-state index is -0.774. The maximum Gasteiger partial charge on any atom is 0.358 e. The quantitative estimate of drug-likeness (QED) is 0.876. The number of nitrogen functional groups attached to an aromatic ring is 1. The van der Waals surface area contributed by atoms with E-state index in [4.69, 9.17) is 10.5 Å². The summed E-state index contributed by atoms with van der Waals surface area (Å²) in [4.78, 5) is 30.0. The highest BCUT2D eigenvalue weighted by Gasteiger charge is 2.33. The zero-order valence-electron chi connectivity index (χ0n) is 11.8. The van der Waals surface area contributed by atoms with Gasteiger partial charge in [-0.25, -0.2) is 9.78 Å². The van der Waals surface area contributed by atoms with E-state index in [-0.39, 0.29) is 11.6 Å². The molecule has 0 spiro atoms. The number of hydrogen-bond donors (Lipinski definition) is 1. The van der Waals surface area contributed by atoms with Crippen LogP contribution >= 0.6 is 11.3 Å². The van der Waals surface area contributed by atoms with Gasteiger partial charge in [0.1, 0.15) is 0 Å². The molecule has 2 heterocycles. The van der Waals surface area contributed by atoms with E-state index < -0.39 is 12.1 Å². The van der Waals surface area contributed by atoms with E-state index >= 15 is 0 Å². The Labute approximate surface area is 131 Å². The first-order valence-electron chi connectivity index (χ1n) is 6.93. The van der Waals surface area contributed by atoms with Crippen molar-refractivity contribution in [1.82, 2.24) is 4.98 Å². The van der Waals surface area contributed by atoms with Crippen molar-refractivity contribution in [2.45, 2.75) is 18.9 Å². The van der Waals surface area contributed by atoms with E-state index in [9.17, 15) is 9.59 Å². The fourth-order valence-corrected chi connectivity index (χ4v) is 2.92. The maximum absolute atomic E-state index is 12.5. The number of aromatic nitrogens is 1. The lowest BCUT2D eigenvalue weighted by atomic mass is 10.1. The first-order chi connectivity index (χ1) is 10.6. The molecule has 2 aromatic rings. The molecule has 2 N–H and O–H groups in total. The van der Waals surface area contributed by atoms with Crippen LogP contribution in [-0.2, 0) is 9.53 Å². The van der Waals surface area contributed by atoms with E-state index in [1.165, 1.54) is 5.38 Å². The molecule has 6 nitrogen and oxygen atoms in total. The van der Waals surface area contributed by atoms with Crippen molar-refractivity contribution in [3.8, 4) is 0 Å². The van der Waals surface area contributed by atoms with Crippen LogP contribution in [0.15, 0.2) is 35.7 Å². The Morgan fingerprint density at radius 1 is 1.36 bits per heavy atom. The summed E-state index contributed by atoms with van der Waals surface area (Å²) in [6.07, 6.45) is 0.523. The molecule has 1 aliphatic rings. The van der Waals surface area contributed by atoms with Gasteiger partial charge < -0.3 is 15.4 Å². The van der Waals surface area contributed by atoms with Crippen LogP contribution in [0, 0.1) is 0 Å². The molecule has 7 heteroatoms. The molecule has 0 aliphatic carbocycles. The number of carbonyl (C=O) groups is 2. The zero-order valence-corrected chi connectivity index (χ0v) is 12.6. The molecule has 1 fully saturated rings. The number of ether oxygens (including phenoxy) is 1. The van der Waals surface area contributed by atoms with Crippen LogP contribution in [-0.4, -0.2) is 29.5 Å². The van der Waals surface area contributed by atoms with Crippen LogP contribution in [0.1, 0.15) is 23.3 Å². The van der Waals surface area contributed by atoms with Gasteiger partial charge in [0.25, 0.3) is 5.91 Å². The van der Waals surface area contributed by atoms with Gasteiger partial charge in [0.15, 0.2) is 16.9 Å². The number of para-hydroxylation sites is 1. The Morgan fingerprint density at radius 2 is 2.14 bits per heavy atom. The maximum atomic E-state index is 12.5. The largest absolute Gasteiger partial charge is 0.447 e. The fraction of sp³-hybridized carbons (Fsp3) is 0.267. The number of esters is 1. The van der Waals surface area contributed by atoms with E-state index in [0.717, 1.165) is 23.4 Å². The highest BCUT2D eigenvalue weighted by Crippen LogP contribution is 2.23. The van der Waals surface area contributed by atoms with Crippen LogP contribution in [0.25, 0.3) is 0 Å². The number of amides is 1. The van der Waals surface area contributed by atoms with Crippen molar-refractivity contribution in [2.24, 2.45) is 0 Å².